The minimum absolute atomic E-state index is 0.212. The molecule has 4 rings (SSSR count). The highest BCUT2D eigenvalue weighted by Gasteiger charge is 2.11. The van der Waals surface area contributed by atoms with Crippen LogP contribution in [0.4, 0.5) is 5.69 Å². The Morgan fingerprint density at radius 2 is 1.79 bits per heavy atom. The standard InChI is InChI=1S/C23H20N2O3/c1-27-19-9-5-8-18(13-19)24-23(26)22-12-17-10-11-20(14-21(17)25-22)28-15-16-6-3-2-4-7-16/h2-14,25H,15H2,1H3,(H,24,26). The Morgan fingerprint density at radius 1 is 0.929 bits per heavy atom. The molecule has 1 amide bonds. The van der Waals surface area contributed by atoms with Gasteiger partial charge in [-0.05, 0) is 35.9 Å². The number of nitrogens with one attached hydrogen (secondary N) is 2. The van der Waals surface area contributed by atoms with Crippen molar-refractivity contribution in [3.63, 3.8) is 0 Å². The second-order valence-corrected chi connectivity index (χ2v) is 6.39. The largest absolute Gasteiger partial charge is 0.497 e. The summed E-state index contributed by atoms with van der Waals surface area (Å²) in [6, 6.07) is 24.8. The van der Waals surface area contributed by atoms with E-state index in [1.165, 1.54) is 0 Å². The average Bonchev–Trinajstić information content (AvgIpc) is 3.17. The second kappa shape index (κ2) is 7.88. The summed E-state index contributed by atoms with van der Waals surface area (Å²) in [5, 5.41) is 3.82. The van der Waals surface area contributed by atoms with Gasteiger partial charge in [0.15, 0.2) is 0 Å². The van der Waals surface area contributed by atoms with E-state index in [1.807, 2.05) is 72.8 Å². The summed E-state index contributed by atoms with van der Waals surface area (Å²) in [5.41, 5.74) is 3.11. The number of anilines is 1. The monoisotopic (exact) mass is 372 g/mol. The van der Waals surface area contributed by atoms with E-state index >= 15 is 0 Å². The maximum atomic E-state index is 12.6. The third kappa shape index (κ3) is 3.99. The predicted molar refractivity (Wildman–Crippen MR) is 110 cm³/mol. The van der Waals surface area contributed by atoms with E-state index < -0.39 is 0 Å². The SMILES string of the molecule is COc1cccc(NC(=O)c2cc3ccc(OCc4ccccc4)cc3[nH]2)c1. The molecule has 5 heteroatoms. The fourth-order valence-electron chi connectivity index (χ4n) is 2.96. The highest BCUT2D eigenvalue weighted by molar-refractivity contribution is 6.06. The number of amides is 1. The number of methoxy groups -OCH3 is 1. The molecule has 4 aromatic rings. The summed E-state index contributed by atoms with van der Waals surface area (Å²) in [4.78, 5) is 15.7. The summed E-state index contributed by atoms with van der Waals surface area (Å²) in [5.74, 6) is 1.23. The molecule has 0 unspecified atom stereocenters. The molecule has 2 N–H and O–H groups in total. The summed E-state index contributed by atoms with van der Waals surface area (Å²) in [6.45, 7) is 0.496. The van der Waals surface area contributed by atoms with E-state index in [4.69, 9.17) is 9.47 Å². The van der Waals surface area contributed by atoms with Crippen molar-refractivity contribution in [1.82, 2.24) is 4.98 Å². The highest BCUT2D eigenvalue weighted by atomic mass is 16.5. The van der Waals surface area contributed by atoms with E-state index in [-0.39, 0.29) is 5.91 Å². The zero-order chi connectivity index (χ0) is 19.3. The third-order valence-electron chi connectivity index (χ3n) is 4.41. The summed E-state index contributed by atoms with van der Waals surface area (Å²) in [6.07, 6.45) is 0. The molecule has 0 aliphatic rings. The number of carbonyl (C=O) groups is 1. The first-order valence-corrected chi connectivity index (χ1v) is 8.96. The summed E-state index contributed by atoms with van der Waals surface area (Å²) >= 11 is 0. The molecule has 0 saturated carbocycles. The van der Waals surface area contributed by atoms with Crippen LogP contribution in [0.1, 0.15) is 16.1 Å². The Bertz CT molecular complexity index is 1100. The van der Waals surface area contributed by atoms with E-state index in [9.17, 15) is 4.79 Å². The van der Waals surface area contributed by atoms with Crippen molar-refractivity contribution in [3.05, 3.63) is 90.1 Å². The lowest BCUT2D eigenvalue weighted by Crippen LogP contribution is -2.12. The van der Waals surface area contributed by atoms with Crippen LogP contribution in [0.3, 0.4) is 0 Å². The molecule has 0 bridgehead atoms. The van der Waals surface area contributed by atoms with Gasteiger partial charge in [-0.25, -0.2) is 0 Å². The first-order chi connectivity index (χ1) is 13.7. The fourth-order valence-corrected chi connectivity index (χ4v) is 2.96. The maximum Gasteiger partial charge on any atom is 0.272 e. The Kier molecular flexibility index (Phi) is 4.97. The van der Waals surface area contributed by atoms with Gasteiger partial charge < -0.3 is 19.8 Å². The number of carbonyl (C=O) groups excluding carboxylic acids is 1. The van der Waals surface area contributed by atoms with Crippen LogP contribution < -0.4 is 14.8 Å². The van der Waals surface area contributed by atoms with Gasteiger partial charge in [0.1, 0.15) is 23.8 Å². The van der Waals surface area contributed by atoms with E-state index in [2.05, 4.69) is 10.3 Å². The lowest BCUT2D eigenvalue weighted by atomic mass is 10.2. The number of H-pyrrole nitrogens is 1. The molecule has 0 saturated heterocycles. The van der Waals surface area contributed by atoms with Crippen molar-refractivity contribution >= 4 is 22.5 Å². The molecule has 3 aromatic carbocycles. The second-order valence-electron chi connectivity index (χ2n) is 6.39. The molecule has 140 valence electrons. The number of hydrogen-bond acceptors (Lipinski definition) is 3. The summed E-state index contributed by atoms with van der Waals surface area (Å²) in [7, 11) is 1.59. The van der Waals surface area contributed by atoms with E-state index in [1.54, 1.807) is 13.2 Å². The minimum Gasteiger partial charge on any atom is -0.497 e. The van der Waals surface area contributed by atoms with Crippen molar-refractivity contribution in [2.24, 2.45) is 0 Å². The van der Waals surface area contributed by atoms with Gasteiger partial charge in [0.05, 0.1) is 7.11 Å². The lowest BCUT2D eigenvalue weighted by Gasteiger charge is -2.06. The smallest absolute Gasteiger partial charge is 0.272 e. The fraction of sp³-hybridized carbons (Fsp3) is 0.0870. The van der Waals surface area contributed by atoms with Crippen molar-refractivity contribution in [3.8, 4) is 11.5 Å². The molecule has 0 aliphatic heterocycles. The van der Waals surface area contributed by atoms with Gasteiger partial charge in [-0.15, -0.1) is 0 Å². The quantitative estimate of drug-likeness (QED) is 0.500. The molecule has 1 aromatic heterocycles. The first kappa shape index (κ1) is 17.7. The molecule has 0 atom stereocenters. The highest BCUT2D eigenvalue weighted by Crippen LogP contribution is 2.23. The Morgan fingerprint density at radius 3 is 2.61 bits per heavy atom. The van der Waals surface area contributed by atoms with Crippen LogP contribution in [0.15, 0.2) is 78.9 Å². The lowest BCUT2D eigenvalue weighted by molar-refractivity contribution is 0.102. The maximum absolute atomic E-state index is 12.6. The van der Waals surface area contributed by atoms with Crippen molar-refractivity contribution in [1.29, 1.82) is 0 Å². The number of benzene rings is 3. The topological polar surface area (TPSA) is 63.4 Å². The van der Waals surface area contributed by atoms with Crippen LogP contribution in [-0.2, 0) is 6.61 Å². The van der Waals surface area contributed by atoms with Crippen molar-refractivity contribution in [2.75, 3.05) is 12.4 Å². The van der Waals surface area contributed by atoms with E-state index in [0.717, 1.165) is 22.2 Å². The molecular weight excluding hydrogens is 352 g/mol. The zero-order valence-corrected chi connectivity index (χ0v) is 15.4. The van der Waals surface area contributed by atoms with Crippen molar-refractivity contribution in [2.45, 2.75) is 6.61 Å². The van der Waals surface area contributed by atoms with Gasteiger partial charge in [0.2, 0.25) is 0 Å². The molecule has 28 heavy (non-hydrogen) atoms. The number of ether oxygens (including phenoxy) is 2. The predicted octanol–water partition coefficient (Wildman–Crippen LogP) is 5.01. The van der Waals surface area contributed by atoms with Gasteiger partial charge in [0, 0.05) is 28.7 Å². The number of aromatic nitrogens is 1. The molecular formula is C23H20N2O3. The average molecular weight is 372 g/mol. The van der Waals surface area contributed by atoms with E-state index in [0.29, 0.717) is 23.7 Å². The van der Waals surface area contributed by atoms with Crippen LogP contribution in [0, 0.1) is 0 Å². The molecule has 5 nitrogen and oxygen atoms in total. The molecule has 0 aliphatic carbocycles. The van der Waals surface area contributed by atoms with Crippen LogP contribution in [0.2, 0.25) is 0 Å². The Balaban J connectivity index is 1.48. The van der Waals surface area contributed by atoms with Gasteiger partial charge in [-0.3, -0.25) is 4.79 Å². The molecule has 0 radical (unpaired) electrons. The van der Waals surface area contributed by atoms with Gasteiger partial charge >= 0.3 is 0 Å². The summed E-state index contributed by atoms with van der Waals surface area (Å²) < 4.78 is 11.0. The van der Waals surface area contributed by atoms with Gasteiger partial charge in [-0.1, -0.05) is 36.4 Å². The zero-order valence-electron chi connectivity index (χ0n) is 15.4. The van der Waals surface area contributed by atoms with Gasteiger partial charge in [0.25, 0.3) is 5.91 Å². The Hall–Kier alpha value is -3.73. The first-order valence-electron chi connectivity index (χ1n) is 8.96. The van der Waals surface area contributed by atoms with Crippen LogP contribution >= 0.6 is 0 Å². The number of hydrogen-bond donors (Lipinski definition) is 2. The molecule has 1 heterocycles. The van der Waals surface area contributed by atoms with Crippen LogP contribution in [0.5, 0.6) is 11.5 Å². The third-order valence-corrected chi connectivity index (χ3v) is 4.41. The number of rotatable bonds is 6. The normalized spacial score (nSPS) is 10.6. The number of aromatic amines is 1. The minimum atomic E-state index is -0.212. The van der Waals surface area contributed by atoms with Crippen LogP contribution in [0.25, 0.3) is 10.9 Å². The van der Waals surface area contributed by atoms with Crippen molar-refractivity contribution < 1.29 is 14.3 Å². The number of fused-ring (bicyclic) bond motifs is 1. The van der Waals surface area contributed by atoms with Gasteiger partial charge in [-0.2, -0.15) is 0 Å². The molecule has 0 spiro atoms. The van der Waals surface area contributed by atoms with Crippen LogP contribution in [-0.4, -0.2) is 18.0 Å². The Labute approximate surface area is 162 Å². The molecule has 0 fully saturated rings.